The lowest BCUT2D eigenvalue weighted by molar-refractivity contribution is 0.0238. The van der Waals surface area contributed by atoms with E-state index in [4.69, 9.17) is 4.74 Å². The number of hydrogen-bond acceptors (Lipinski definition) is 5. The Kier molecular flexibility index (Phi) is 2.97. The molecule has 2 aliphatic heterocycles. The van der Waals surface area contributed by atoms with Crippen LogP contribution in [0.2, 0.25) is 0 Å². The Balaban J connectivity index is 1.72. The van der Waals surface area contributed by atoms with Crippen LogP contribution in [0.4, 0.5) is 5.82 Å². The molecule has 0 aliphatic carbocycles. The molecule has 2 aliphatic rings. The lowest BCUT2D eigenvalue weighted by Gasteiger charge is -2.48. The molecule has 18 heavy (non-hydrogen) atoms. The highest BCUT2D eigenvalue weighted by Gasteiger charge is 2.50. The number of hydrogen-bond donors (Lipinski definition) is 2. The van der Waals surface area contributed by atoms with Crippen LogP contribution in [0.1, 0.15) is 12.8 Å². The number of aromatic nitrogens is 1. The minimum absolute atomic E-state index is 0.386. The van der Waals surface area contributed by atoms with Gasteiger partial charge in [0.1, 0.15) is 5.82 Å². The summed E-state index contributed by atoms with van der Waals surface area (Å²) in [6.45, 7) is 1.98. The van der Waals surface area contributed by atoms with E-state index in [9.17, 15) is 9.11 Å². The molecule has 0 bridgehead atoms. The van der Waals surface area contributed by atoms with Gasteiger partial charge < -0.3 is 9.64 Å². The molecule has 1 aromatic heterocycles. The summed E-state index contributed by atoms with van der Waals surface area (Å²) >= 11 is 0. The van der Waals surface area contributed by atoms with Crippen molar-refractivity contribution in [2.45, 2.75) is 17.8 Å². The second-order valence-electron chi connectivity index (χ2n) is 4.81. The molecule has 0 unspecified atom stereocenters. The Bertz CT molecular complexity index is 419. The average molecular weight is 270 g/mol. The topological polar surface area (TPSA) is 65.8 Å². The predicted octanol–water partition coefficient (Wildman–Crippen LogP) is 2.16. The Morgan fingerprint density at radius 3 is 2.61 bits per heavy atom. The van der Waals surface area contributed by atoms with Crippen LogP contribution in [0, 0.1) is 0 Å². The van der Waals surface area contributed by atoms with Crippen LogP contribution in [-0.4, -0.2) is 44.5 Å². The highest BCUT2D eigenvalue weighted by molar-refractivity contribution is 8.25. The Morgan fingerprint density at radius 2 is 2.06 bits per heavy atom. The number of pyridine rings is 1. The summed E-state index contributed by atoms with van der Waals surface area (Å²) in [5.41, 5.74) is 0. The van der Waals surface area contributed by atoms with Crippen molar-refractivity contribution in [3.8, 4) is 0 Å². The number of piperidine rings is 1. The maximum atomic E-state index is 10.1. The van der Waals surface area contributed by atoms with Gasteiger partial charge in [-0.2, -0.15) is 10.6 Å². The van der Waals surface area contributed by atoms with Gasteiger partial charge in [-0.05, 0) is 12.1 Å². The normalized spacial score (nSPS) is 27.3. The van der Waals surface area contributed by atoms with Gasteiger partial charge >= 0.3 is 0 Å². The molecule has 6 heteroatoms. The zero-order valence-electron chi connectivity index (χ0n) is 10.2. The van der Waals surface area contributed by atoms with E-state index in [1.165, 1.54) is 0 Å². The third kappa shape index (κ3) is 1.89. The van der Waals surface area contributed by atoms with Crippen molar-refractivity contribution >= 4 is 16.4 Å². The van der Waals surface area contributed by atoms with E-state index in [0.717, 1.165) is 18.9 Å². The van der Waals surface area contributed by atoms with E-state index < -0.39 is 15.5 Å². The van der Waals surface area contributed by atoms with Crippen LogP contribution in [0.25, 0.3) is 0 Å². The minimum Gasteiger partial charge on any atom is -0.356 e. The van der Waals surface area contributed by atoms with E-state index in [1.807, 2.05) is 18.2 Å². The highest BCUT2D eigenvalue weighted by Crippen LogP contribution is 2.61. The van der Waals surface area contributed by atoms with Crippen LogP contribution >= 0.6 is 10.6 Å². The third-order valence-corrected chi connectivity index (χ3v) is 6.28. The Hall–Kier alpha value is -0.820. The summed E-state index contributed by atoms with van der Waals surface area (Å²) in [5, 5.41) is 0. The van der Waals surface area contributed by atoms with Gasteiger partial charge in [-0.3, -0.25) is 9.11 Å². The average Bonchev–Trinajstić information content (AvgIpc) is 2.67. The molecular weight excluding hydrogens is 252 g/mol. The van der Waals surface area contributed by atoms with E-state index in [1.54, 1.807) is 6.20 Å². The van der Waals surface area contributed by atoms with Gasteiger partial charge in [0.05, 0.1) is 12.4 Å². The van der Waals surface area contributed by atoms with Crippen molar-refractivity contribution in [3.63, 3.8) is 0 Å². The summed E-state index contributed by atoms with van der Waals surface area (Å²) in [7, 11) is -2.58. The molecule has 2 saturated heterocycles. The lowest BCUT2D eigenvalue weighted by Crippen LogP contribution is -2.46. The predicted molar refractivity (Wildman–Crippen MR) is 72.1 cm³/mol. The van der Waals surface area contributed by atoms with E-state index in [0.29, 0.717) is 25.2 Å². The fourth-order valence-corrected chi connectivity index (χ4v) is 4.51. The molecule has 2 N–H and O–H groups in total. The maximum Gasteiger partial charge on any atom is 0.159 e. The molecule has 3 rings (SSSR count). The van der Waals surface area contributed by atoms with Crippen molar-refractivity contribution in [1.82, 2.24) is 4.98 Å². The van der Waals surface area contributed by atoms with Crippen LogP contribution in [0.5, 0.6) is 0 Å². The zero-order chi connectivity index (χ0) is 12.6. The molecule has 5 nitrogen and oxygen atoms in total. The first-order valence-corrected chi connectivity index (χ1v) is 7.90. The molecule has 0 saturated carbocycles. The van der Waals surface area contributed by atoms with Crippen molar-refractivity contribution in [3.05, 3.63) is 24.4 Å². The molecular formula is C12H18N2O3S. The fourth-order valence-electron chi connectivity index (χ4n) is 2.71. The molecule has 100 valence electrons. The first kappa shape index (κ1) is 12.2. The smallest absolute Gasteiger partial charge is 0.159 e. The van der Waals surface area contributed by atoms with Gasteiger partial charge in [0.15, 0.2) is 4.93 Å². The first-order chi connectivity index (χ1) is 8.63. The van der Waals surface area contributed by atoms with E-state index in [2.05, 4.69) is 9.88 Å². The van der Waals surface area contributed by atoms with Gasteiger partial charge in [0.2, 0.25) is 0 Å². The molecule has 0 amide bonds. The number of nitrogens with zero attached hydrogens (tertiary/aromatic N) is 2. The molecule has 0 aromatic carbocycles. The fraction of sp³-hybridized carbons (Fsp3) is 0.583. The number of anilines is 1. The Morgan fingerprint density at radius 1 is 1.28 bits per heavy atom. The summed E-state index contributed by atoms with van der Waals surface area (Å²) in [6.07, 6.45) is 3.09. The van der Waals surface area contributed by atoms with Crippen LogP contribution in [0.3, 0.4) is 0 Å². The highest BCUT2D eigenvalue weighted by atomic mass is 32.3. The molecule has 1 aromatic rings. The largest absolute Gasteiger partial charge is 0.356 e. The third-order valence-electron chi connectivity index (χ3n) is 3.83. The van der Waals surface area contributed by atoms with E-state index in [-0.39, 0.29) is 0 Å². The minimum atomic E-state index is -2.58. The first-order valence-electron chi connectivity index (χ1n) is 6.18. The van der Waals surface area contributed by atoms with Gasteiger partial charge in [-0.15, -0.1) is 0 Å². The summed E-state index contributed by atoms with van der Waals surface area (Å²) < 4.78 is 25.9. The van der Waals surface area contributed by atoms with Crippen molar-refractivity contribution < 1.29 is 13.8 Å². The van der Waals surface area contributed by atoms with Gasteiger partial charge in [0, 0.05) is 32.1 Å². The van der Waals surface area contributed by atoms with Crippen molar-refractivity contribution in [1.29, 1.82) is 0 Å². The van der Waals surface area contributed by atoms with Crippen molar-refractivity contribution in [2.75, 3.05) is 30.3 Å². The van der Waals surface area contributed by atoms with Crippen LogP contribution < -0.4 is 4.90 Å². The van der Waals surface area contributed by atoms with Crippen LogP contribution in [0.15, 0.2) is 24.4 Å². The summed E-state index contributed by atoms with van der Waals surface area (Å²) in [5.74, 6) is 1.33. The van der Waals surface area contributed by atoms with E-state index >= 15 is 0 Å². The quantitative estimate of drug-likeness (QED) is 0.818. The second kappa shape index (κ2) is 4.38. The maximum absolute atomic E-state index is 10.1. The SMILES string of the molecule is OS1(O)CCOC12CCN(c1ccccn1)CC2. The summed E-state index contributed by atoms with van der Waals surface area (Å²) in [6, 6.07) is 5.84. The molecule has 3 heterocycles. The molecule has 0 atom stereocenters. The number of rotatable bonds is 1. The van der Waals surface area contributed by atoms with Gasteiger partial charge in [-0.1, -0.05) is 6.07 Å². The molecule has 2 fully saturated rings. The number of ether oxygens (including phenoxy) is 1. The summed E-state index contributed by atoms with van der Waals surface area (Å²) in [4.78, 5) is 5.79. The van der Waals surface area contributed by atoms with Crippen LogP contribution in [-0.2, 0) is 4.74 Å². The lowest BCUT2D eigenvalue weighted by atomic mass is 10.1. The molecule has 1 spiro atoms. The second-order valence-corrected chi connectivity index (χ2v) is 7.29. The molecule has 0 radical (unpaired) electrons. The zero-order valence-corrected chi connectivity index (χ0v) is 11.0. The monoisotopic (exact) mass is 270 g/mol. The van der Waals surface area contributed by atoms with Crippen molar-refractivity contribution in [2.24, 2.45) is 0 Å². The van der Waals surface area contributed by atoms with Gasteiger partial charge in [0.25, 0.3) is 0 Å². The van der Waals surface area contributed by atoms with Gasteiger partial charge in [-0.25, -0.2) is 4.98 Å². The Labute approximate surface area is 108 Å². The standard InChI is InChI=1S/C12H18N2O3S/c15-18(16)10-9-17-12(18)4-7-14(8-5-12)11-3-1-2-6-13-11/h1-3,6,15-16H,4-5,7-10H2.